The molecule has 3 unspecified atom stereocenters. The van der Waals surface area contributed by atoms with E-state index in [1.165, 1.54) is 23.3 Å². The maximum atomic E-state index is 6.14. The Labute approximate surface area is 112 Å². The zero-order chi connectivity index (χ0) is 12.0. The molecule has 0 bridgehead atoms. The van der Waals surface area contributed by atoms with Crippen LogP contribution in [0.3, 0.4) is 0 Å². The summed E-state index contributed by atoms with van der Waals surface area (Å²) in [6, 6.07) is 7.54. The molecule has 0 saturated heterocycles. The molecule has 1 saturated carbocycles. The second kappa shape index (κ2) is 4.49. The number of halogens is 1. The standard InChI is InChI=1S/C14H18ClNS/c1-8-9(2)17-13-6-3-10(15)7-12(13)14(8)16-11-4-5-11/h3,6-9,11,14,16H,4-5H2,1-2H3. The summed E-state index contributed by atoms with van der Waals surface area (Å²) in [6.45, 7) is 4.68. The first kappa shape index (κ1) is 11.9. The van der Waals surface area contributed by atoms with E-state index in [1.54, 1.807) is 0 Å². The lowest BCUT2D eigenvalue weighted by Gasteiger charge is -2.36. The van der Waals surface area contributed by atoms with Crippen LogP contribution in [0.15, 0.2) is 23.1 Å². The van der Waals surface area contributed by atoms with Crippen molar-refractivity contribution >= 4 is 23.4 Å². The van der Waals surface area contributed by atoms with Crippen molar-refractivity contribution in [3.8, 4) is 0 Å². The fourth-order valence-corrected chi connectivity index (χ4v) is 3.90. The first-order valence-corrected chi connectivity index (χ1v) is 7.63. The Morgan fingerprint density at radius 2 is 2.06 bits per heavy atom. The molecule has 0 aromatic heterocycles. The lowest BCUT2D eigenvalue weighted by molar-refractivity contribution is 0.370. The maximum absolute atomic E-state index is 6.14. The number of fused-ring (bicyclic) bond motifs is 1. The highest BCUT2D eigenvalue weighted by atomic mass is 35.5. The molecule has 3 atom stereocenters. The average Bonchev–Trinajstić information content (AvgIpc) is 3.10. The molecule has 3 heteroatoms. The highest BCUT2D eigenvalue weighted by Crippen LogP contribution is 2.45. The summed E-state index contributed by atoms with van der Waals surface area (Å²) in [5, 5.41) is 5.31. The van der Waals surface area contributed by atoms with Gasteiger partial charge in [0.25, 0.3) is 0 Å². The van der Waals surface area contributed by atoms with E-state index in [2.05, 4.69) is 31.3 Å². The van der Waals surface area contributed by atoms with Crippen molar-refractivity contribution in [3.05, 3.63) is 28.8 Å². The van der Waals surface area contributed by atoms with Gasteiger partial charge in [-0.1, -0.05) is 25.4 Å². The topological polar surface area (TPSA) is 12.0 Å². The molecule has 1 N–H and O–H groups in total. The summed E-state index contributed by atoms with van der Waals surface area (Å²) in [5.41, 5.74) is 1.40. The van der Waals surface area contributed by atoms with Gasteiger partial charge in [-0.15, -0.1) is 11.8 Å². The van der Waals surface area contributed by atoms with Gasteiger partial charge < -0.3 is 5.32 Å². The van der Waals surface area contributed by atoms with Crippen LogP contribution in [-0.4, -0.2) is 11.3 Å². The number of benzene rings is 1. The molecule has 1 fully saturated rings. The van der Waals surface area contributed by atoms with E-state index in [9.17, 15) is 0 Å². The van der Waals surface area contributed by atoms with Crippen LogP contribution < -0.4 is 5.32 Å². The van der Waals surface area contributed by atoms with Crippen LogP contribution in [0.5, 0.6) is 0 Å². The second-order valence-corrected chi connectivity index (χ2v) is 7.14. The predicted octanol–water partition coefficient (Wildman–Crippen LogP) is 4.26. The first-order valence-electron chi connectivity index (χ1n) is 6.37. The number of hydrogen-bond acceptors (Lipinski definition) is 2. The summed E-state index contributed by atoms with van der Waals surface area (Å²) in [4.78, 5) is 1.40. The molecular formula is C14H18ClNS. The van der Waals surface area contributed by atoms with Crippen LogP contribution in [0.1, 0.15) is 38.3 Å². The Hall–Kier alpha value is -0.180. The van der Waals surface area contributed by atoms with Crippen LogP contribution in [0, 0.1) is 5.92 Å². The highest BCUT2D eigenvalue weighted by Gasteiger charge is 2.35. The lowest BCUT2D eigenvalue weighted by atomic mass is 9.91. The molecule has 0 radical (unpaired) electrons. The summed E-state index contributed by atoms with van der Waals surface area (Å²) in [5.74, 6) is 0.659. The summed E-state index contributed by atoms with van der Waals surface area (Å²) in [6.07, 6.45) is 2.67. The minimum Gasteiger partial charge on any atom is -0.307 e. The fraction of sp³-hybridized carbons (Fsp3) is 0.571. The Morgan fingerprint density at radius 1 is 1.29 bits per heavy atom. The fourth-order valence-electron chi connectivity index (χ4n) is 2.48. The van der Waals surface area contributed by atoms with E-state index in [0.717, 1.165) is 11.1 Å². The summed E-state index contributed by atoms with van der Waals surface area (Å²) < 4.78 is 0. The van der Waals surface area contributed by atoms with Crippen LogP contribution in [0.25, 0.3) is 0 Å². The molecule has 1 aliphatic carbocycles. The van der Waals surface area contributed by atoms with Gasteiger partial charge in [0.1, 0.15) is 0 Å². The average molecular weight is 268 g/mol. The zero-order valence-corrected chi connectivity index (χ0v) is 11.8. The van der Waals surface area contributed by atoms with E-state index in [-0.39, 0.29) is 0 Å². The van der Waals surface area contributed by atoms with Crippen LogP contribution in [-0.2, 0) is 0 Å². The molecule has 2 aliphatic rings. The van der Waals surface area contributed by atoms with Crippen molar-refractivity contribution in [3.63, 3.8) is 0 Å². The van der Waals surface area contributed by atoms with Gasteiger partial charge >= 0.3 is 0 Å². The van der Waals surface area contributed by atoms with E-state index in [4.69, 9.17) is 11.6 Å². The molecule has 1 aliphatic heterocycles. The van der Waals surface area contributed by atoms with Gasteiger partial charge in [0, 0.05) is 27.3 Å². The van der Waals surface area contributed by atoms with Crippen LogP contribution in [0.2, 0.25) is 5.02 Å². The van der Waals surface area contributed by atoms with Crippen molar-refractivity contribution in [2.45, 2.75) is 48.9 Å². The Bertz CT molecular complexity index is 430. The molecule has 1 aromatic rings. The first-order chi connectivity index (χ1) is 8.15. The largest absolute Gasteiger partial charge is 0.307 e. The van der Waals surface area contributed by atoms with Crippen molar-refractivity contribution in [2.24, 2.45) is 5.92 Å². The Balaban J connectivity index is 1.96. The minimum absolute atomic E-state index is 0.479. The quantitative estimate of drug-likeness (QED) is 0.859. The van der Waals surface area contributed by atoms with Crippen molar-refractivity contribution in [2.75, 3.05) is 0 Å². The Morgan fingerprint density at radius 3 is 2.76 bits per heavy atom. The number of hydrogen-bond donors (Lipinski definition) is 1. The predicted molar refractivity (Wildman–Crippen MR) is 74.8 cm³/mol. The lowest BCUT2D eigenvalue weighted by Crippen LogP contribution is -2.35. The van der Waals surface area contributed by atoms with Gasteiger partial charge in [0.2, 0.25) is 0 Å². The minimum atomic E-state index is 0.479. The Kier molecular flexibility index (Phi) is 3.14. The van der Waals surface area contributed by atoms with Gasteiger partial charge in [0.05, 0.1) is 0 Å². The van der Waals surface area contributed by atoms with Gasteiger partial charge in [-0.05, 0) is 42.5 Å². The normalized spacial score (nSPS) is 32.3. The summed E-state index contributed by atoms with van der Waals surface area (Å²) >= 11 is 8.12. The van der Waals surface area contributed by atoms with Crippen molar-refractivity contribution < 1.29 is 0 Å². The van der Waals surface area contributed by atoms with E-state index >= 15 is 0 Å². The maximum Gasteiger partial charge on any atom is 0.0410 e. The zero-order valence-electron chi connectivity index (χ0n) is 10.2. The highest BCUT2D eigenvalue weighted by molar-refractivity contribution is 8.00. The van der Waals surface area contributed by atoms with Gasteiger partial charge in [0.15, 0.2) is 0 Å². The van der Waals surface area contributed by atoms with E-state index < -0.39 is 0 Å². The third kappa shape index (κ3) is 2.35. The number of nitrogens with one attached hydrogen (secondary N) is 1. The molecule has 0 spiro atoms. The number of thioether (sulfide) groups is 1. The molecule has 17 heavy (non-hydrogen) atoms. The second-order valence-electron chi connectivity index (χ2n) is 5.28. The molecular weight excluding hydrogens is 250 g/mol. The molecule has 92 valence electrons. The number of rotatable bonds is 2. The van der Waals surface area contributed by atoms with Gasteiger partial charge in [-0.3, -0.25) is 0 Å². The molecule has 1 aromatic carbocycles. The van der Waals surface area contributed by atoms with Gasteiger partial charge in [-0.25, -0.2) is 0 Å². The van der Waals surface area contributed by atoms with E-state index in [1.807, 2.05) is 17.8 Å². The van der Waals surface area contributed by atoms with E-state index in [0.29, 0.717) is 17.2 Å². The monoisotopic (exact) mass is 267 g/mol. The smallest absolute Gasteiger partial charge is 0.0410 e. The SMILES string of the molecule is CC1Sc2ccc(Cl)cc2C(NC2CC2)C1C. The van der Waals surface area contributed by atoms with Crippen LogP contribution in [0.4, 0.5) is 0 Å². The van der Waals surface area contributed by atoms with Gasteiger partial charge in [-0.2, -0.15) is 0 Å². The molecule has 0 amide bonds. The van der Waals surface area contributed by atoms with Crippen molar-refractivity contribution in [1.29, 1.82) is 0 Å². The molecule has 1 nitrogen and oxygen atoms in total. The van der Waals surface area contributed by atoms with Crippen molar-refractivity contribution in [1.82, 2.24) is 5.32 Å². The third-order valence-corrected chi connectivity index (χ3v) is 5.54. The molecule has 1 heterocycles. The third-order valence-electron chi connectivity index (χ3n) is 3.88. The molecule has 3 rings (SSSR count). The summed E-state index contributed by atoms with van der Waals surface area (Å²) in [7, 11) is 0. The van der Waals surface area contributed by atoms with Crippen LogP contribution >= 0.6 is 23.4 Å².